The summed E-state index contributed by atoms with van der Waals surface area (Å²) < 4.78 is 0. The molecule has 7 heteroatoms. The lowest BCUT2D eigenvalue weighted by molar-refractivity contribution is 0.0777. The lowest BCUT2D eigenvalue weighted by Crippen LogP contribution is -2.53. The molecule has 1 N–H and O–H groups in total. The number of rotatable bonds is 4. The van der Waals surface area contributed by atoms with E-state index in [-0.39, 0.29) is 5.91 Å². The number of aromatic nitrogens is 2. The SMILES string of the molecule is CC(C)c1ccc(C(=O)NN2CCN(c3ccc(C#N)nn3)CC2)cc1. The van der Waals surface area contributed by atoms with Gasteiger partial charge in [0.1, 0.15) is 6.07 Å². The molecule has 1 saturated heterocycles. The topological polar surface area (TPSA) is 85.2 Å². The number of nitrogens with one attached hydrogen (secondary N) is 1. The maximum absolute atomic E-state index is 12.4. The molecule has 1 amide bonds. The third kappa shape index (κ3) is 4.16. The molecule has 0 atom stereocenters. The number of anilines is 1. The van der Waals surface area contributed by atoms with Gasteiger partial charge in [-0.3, -0.25) is 10.2 Å². The number of hydrogen-bond acceptors (Lipinski definition) is 6. The number of nitriles is 1. The first-order chi connectivity index (χ1) is 12.6. The van der Waals surface area contributed by atoms with E-state index in [9.17, 15) is 4.79 Å². The standard InChI is InChI=1S/C19H22N6O/c1-14(2)15-3-5-16(6-4-15)19(26)23-25-11-9-24(10-12-25)18-8-7-17(13-20)21-22-18/h3-8,14H,9-12H2,1-2H3,(H,23,26). The number of hydrogen-bond donors (Lipinski definition) is 1. The Morgan fingerprint density at radius 2 is 1.77 bits per heavy atom. The molecule has 2 heterocycles. The third-order valence-electron chi connectivity index (χ3n) is 4.47. The van der Waals surface area contributed by atoms with Crippen molar-refractivity contribution in [3.8, 4) is 6.07 Å². The number of benzene rings is 1. The molecule has 1 aromatic carbocycles. The van der Waals surface area contributed by atoms with Crippen LogP contribution in [0.1, 0.15) is 41.4 Å². The maximum atomic E-state index is 12.4. The number of carbonyl (C=O) groups is 1. The van der Waals surface area contributed by atoms with E-state index >= 15 is 0 Å². The highest BCUT2D eigenvalue weighted by atomic mass is 16.2. The zero-order valence-electron chi connectivity index (χ0n) is 15.0. The van der Waals surface area contributed by atoms with Crippen molar-refractivity contribution in [1.29, 1.82) is 5.26 Å². The van der Waals surface area contributed by atoms with Gasteiger partial charge in [-0.15, -0.1) is 10.2 Å². The monoisotopic (exact) mass is 350 g/mol. The number of nitrogens with zero attached hydrogens (tertiary/aromatic N) is 5. The van der Waals surface area contributed by atoms with Crippen molar-refractivity contribution in [1.82, 2.24) is 20.6 Å². The molecule has 0 unspecified atom stereocenters. The van der Waals surface area contributed by atoms with E-state index in [4.69, 9.17) is 5.26 Å². The summed E-state index contributed by atoms with van der Waals surface area (Å²) in [5.74, 6) is 1.11. The van der Waals surface area contributed by atoms with Crippen molar-refractivity contribution < 1.29 is 4.79 Å². The first-order valence-electron chi connectivity index (χ1n) is 8.71. The Labute approximate surface area is 153 Å². The molecule has 0 spiro atoms. The summed E-state index contributed by atoms with van der Waals surface area (Å²) in [6.07, 6.45) is 0. The summed E-state index contributed by atoms with van der Waals surface area (Å²) in [5, 5.41) is 18.6. The molecule has 0 saturated carbocycles. The highest BCUT2D eigenvalue weighted by Crippen LogP contribution is 2.15. The number of hydrazine groups is 1. The molecular weight excluding hydrogens is 328 g/mol. The molecule has 2 aromatic rings. The van der Waals surface area contributed by atoms with Crippen LogP contribution in [0.3, 0.4) is 0 Å². The average molecular weight is 350 g/mol. The van der Waals surface area contributed by atoms with Gasteiger partial charge in [0.25, 0.3) is 5.91 Å². The van der Waals surface area contributed by atoms with Crippen LogP contribution in [0.25, 0.3) is 0 Å². The Kier molecular flexibility index (Phi) is 5.44. The van der Waals surface area contributed by atoms with Crippen LogP contribution in [-0.2, 0) is 0 Å². The second-order valence-electron chi connectivity index (χ2n) is 6.58. The normalized spacial score (nSPS) is 14.9. The molecule has 26 heavy (non-hydrogen) atoms. The van der Waals surface area contributed by atoms with Gasteiger partial charge in [0.15, 0.2) is 11.5 Å². The molecule has 1 aromatic heterocycles. The number of piperazine rings is 1. The molecule has 1 aliphatic rings. The second-order valence-corrected chi connectivity index (χ2v) is 6.58. The van der Waals surface area contributed by atoms with Gasteiger partial charge in [-0.05, 0) is 35.7 Å². The average Bonchev–Trinajstić information content (AvgIpc) is 2.68. The Morgan fingerprint density at radius 3 is 2.31 bits per heavy atom. The van der Waals surface area contributed by atoms with Crippen LogP contribution in [0.2, 0.25) is 0 Å². The predicted octanol–water partition coefficient (Wildman–Crippen LogP) is 1.94. The molecule has 7 nitrogen and oxygen atoms in total. The van der Waals surface area contributed by atoms with Gasteiger partial charge < -0.3 is 4.90 Å². The number of carbonyl (C=O) groups excluding carboxylic acids is 1. The third-order valence-corrected chi connectivity index (χ3v) is 4.47. The minimum atomic E-state index is -0.0908. The van der Waals surface area contributed by atoms with Gasteiger partial charge in [-0.2, -0.15) is 5.26 Å². The van der Waals surface area contributed by atoms with E-state index in [0.29, 0.717) is 30.3 Å². The van der Waals surface area contributed by atoms with Gasteiger partial charge in [0.05, 0.1) is 0 Å². The molecular formula is C19H22N6O. The molecule has 1 fully saturated rings. The van der Waals surface area contributed by atoms with Crippen LogP contribution < -0.4 is 10.3 Å². The molecule has 3 rings (SSSR count). The summed E-state index contributed by atoms with van der Waals surface area (Å²) in [6, 6.07) is 13.2. The van der Waals surface area contributed by atoms with Crippen LogP contribution in [0.15, 0.2) is 36.4 Å². The van der Waals surface area contributed by atoms with Gasteiger partial charge in [-0.25, -0.2) is 5.01 Å². The Morgan fingerprint density at radius 1 is 1.08 bits per heavy atom. The first-order valence-corrected chi connectivity index (χ1v) is 8.71. The fourth-order valence-electron chi connectivity index (χ4n) is 2.83. The quantitative estimate of drug-likeness (QED) is 0.907. The molecule has 0 bridgehead atoms. The number of amides is 1. The lowest BCUT2D eigenvalue weighted by atomic mass is 10.0. The van der Waals surface area contributed by atoms with Crippen molar-refractivity contribution in [3.05, 3.63) is 53.2 Å². The van der Waals surface area contributed by atoms with Crippen LogP contribution in [0, 0.1) is 11.3 Å². The first kappa shape index (κ1) is 17.8. The van der Waals surface area contributed by atoms with Gasteiger partial charge in [-0.1, -0.05) is 26.0 Å². The van der Waals surface area contributed by atoms with E-state index in [0.717, 1.165) is 18.9 Å². The fourth-order valence-corrected chi connectivity index (χ4v) is 2.83. The molecule has 134 valence electrons. The summed E-state index contributed by atoms with van der Waals surface area (Å²) in [5.41, 5.74) is 5.15. The van der Waals surface area contributed by atoms with E-state index in [1.807, 2.05) is 35.3 Å². The van der Waals surface area contributed by atoms with E-state index in [2.05, 4.69) is 34.4 Å². The van der Waals surface area contributed by atoms with Crippen molar-refractivity contribution in [2.24, 2.45) is 0 Å². The largest absolute Gasteiger partial charge is 0.352 e. The summed E-state index contributed by atoms with van der Waals surface area (Å²) in [7, 11) is 0. The molecule has 0 aliphatic carbocycles. The summed E-state index contributed by atoms with van der Waals surface area (Å²) in [6.45, 7) is 7.11. The lowest BCUT2D eigenvalue weighted by Gasteiger charge is -2.35. The van der Waals surface area contributed by atoms with Gasteiger partial charge >= 0.3 is 0 Å². The van der Waals surface area contributed by atoms with Crippen LogP contribution in [0.5, 0.6) is 0 Å². The van der Waals surface area contributed by atoms with E-state index < -0.39 is 0 Å². The van der Waals surface area contributed by atoms with Crippen LogP contribution >= 0.6 is 0 Å². The zero-order chi connectivity index (χ0) is 18.5. The van der Waals surface area contributed by atoms with E-state index in [1.165, 1.54) is 5.56 Å². The van der Waals surface area contributed by atoms with Crippen LogP contribution in [-0.4, -0.2) is 47.3 Å². The van der Waals surface area contributed by atoms with Gasteiger partial charge in [0.2, 0.25) is 0 Å². The smallest absolute Gasteiger partial charge is 0.265 e. The van der Waals surface area contributed by atoms with Gasteiger partial charge in [0, 0.05) is 31.7 Å². The zero-order valence-corrected chi connectivity index (χ0v) is 15.0. The van der Waals surface area contributed by atoms with Crippen molar-refractivity contribution in [2.45, 2.75) is 19.8 Å². The summed E-state index contributed by atoms with van der Waals surface area (Å²) in [4.78, 5) is 14.5. The minimum Gasteiger partial charge on any atom is -0.352 e. The second kappa shape index (κ2) is 7.93. The highest BCUT2D eigenvalue weighted by molar-refractivity contribution is 5.93. The molecule has 1 aliphatic heterocycles. The summed E-state index contributed by atoms with van der Waals surface area (Å²) >= 11 is 0. The maximum Gasteiger partial charge on any atom is 0.265 e. The van der Waals surface area contributed by atoms with Crippen molar-refractivity contribution >= 4 is 11.7 Å². The van der Waals surface area contributed by atoms with Crippen molar-refractivity contribution in [2.75, 3.05) is 31.1 Å². The van der Waals surface area contributed by atoms with E-state index in [1.54, 1.807) is 12.1 Å². The Hall–Kier alpha value is -2.98. The Bertz CT molecular complexity index is 786. The fraction of sp³-hybridized carbons (Fsp3) is 0.368. The molecule has 0 radical (unpaired) electrons. The van der Waals surface area contributed by atoms with Crippen molar-refractivity contribution in [3.63, 3.8) is 0 Å². The highest BCUT2D eigenvalue weighted by Gasteiger charge is 2.20. The Balaban J connectivity index is 1.53. The van der Waals surface area contributed by atoms with Crippen LogP contribution in [0.4, 0.5) is 5.82 Å². The predicted molar refractivity (Wildman–Crippen MR) is 98.5 cm³/mol. The minimum absolute atomic E-state index is 0.0908.